The molecule has 1 heterocycles. The molecule has 1 atom stereocenters. The highest BCUT2D eigenvalue weighted by molar-refractivity contribution is 8.16. The molecule has 3 aromatic rings. The lowest BCUT2D eigenvalue weighted by atomic mass is 10.2. The van der Waals surface area contributed by atoms with Crippen molar-refractivity contribution in [3.8, 4) is 5.75 Å². The maximum atomic E-state index is 12.3. The number of anilines is 1. The molecule has 3 rings (SSSR count). The average Bonchev–Trinajstić information content (AvgIpc) is 3.11. The molecule has 0 saturated heterocycles. The quantitative estimate of drug-likeness (QED) is 0.392. The van der Waals surface area contributed by atoms with Gasteiger partial charge in [-0.2, -0.15) is 0 Å². The highest BCUT2D eigenvalue weighted by Gasteiger charge is 2.31. The van der Waals surface area contributed by atoms with Crippen molar-refractivity contribution in [2.45, 2.75) is 25.1 Å². The zero-order chi connectivity index (χ0) is 21.0. The van der Waals surface area contributed by atoms with E-state index in [1.807, 2.05) is 30.5 Å². The first-order valence-electron chi connectivity index (χ1n) is 8.74. The van der Waals surface area contributed by atoms with Gasteiger partial charge in [0, 0.05) is 10.3 Å². The summed E-state index contributed by atoms with van der Waals surface area (Å²) in [4.78, 5) is 15.8. The van der Waals surface area contributed by atoms with Gasteiger partial charge in [-0.05, 0) is 55.6 Å². The second-order valence-corrected chi connectivity index (χ2v) is 7.69. The van der Waals surface area contributed by atoms with E-state index in [4.69, 9.17) is 4.74 Å². The minimum Gasteiger partial charge on any atom is -0.461 e. The molecule has 9 heteroatoms. The molecular formula is C20H19F3N2O3S. The van der Waals surface area contributed by atoms with Crippen LogP contribution < -0.4 is 9.46 Å². The highest BCUT2D eigenvalue weighted by atomic mass is 32.2. The molecule has 0 bridgehead atoms. The van der Waals surface area contributed by atoms with Crippen LogP contribution in [0.5, 0.6) is 5.75 Å². The van der Waals surface area contributed by atoms with Crippen molar-refractivity contribution in [3.05, 3.63) is 54.2 Å². The number of aromatic amines is 1. The maximum absolute atomic E-state index is 12.3. The molecule has 0 radical (unpaired) electrons. The Hall–Kier alpha value is -2.94. The van der Waals surface area contributed by atoms with Crippen molar-refractivity contribution in [1.82, 2.24) is 4.98 Å². The number of fused-ring (bicyclic) bond motifs is 1. The fourth-order valence-corrected chi connectivity index (χ4v) is 4.06. The number of aromatic nitrogens is 1. The van der Waals surface area contributed by atoms with Crippen LogP contribution in [0.4, 0.5) is 18.9 Å². The number of carbonyl (C=O) groups excluding carboxylic acids is 1. The molecule has 0 spiro atoms. The predicted molar refractivity (Wildman–Crippen MR) is 109 cm³/mol. The molecule has 0 aliphatic rings. The molecule has 1 unspecified atom stereocenters. The third-order valence-corrected chi connectivity index (χ3v) is 5.61. The lowest BCUT2D eigenvalue weighted by Crippen LogP contribution is -2.16. The summed E-state index contributed by atoms with van der Waals surface area (Å²) < 4.78 is 49.3. The highest BCUT2D eigenvalue weighted by Crippen LogP contribution is 2.33. The van der Waals surface area contributed by atoms with Gasteiger partial charge in [-0.3, -0.25) is 0 Å². The van der Waals surface area contributed by atoms with Crippen LogP contribution in [0.2, 0.25) is 0 Å². The monoisotopic (exact) mass is 424 g/mol. The molecule has 29 heavy (non-hydrogen) atoms. The van der Waals surface area contributed by atoms with Gasteiger partial charge in [0.2, 0.25) is 0 Å². The Bertz CT molecular complexity index is 1040. The Kier molecular flexibility index (Phi) is 6.17. The van der Waals surface area contributed by atoms with Crippen LogP contribution in [0, 0.1) is 0 Å². The summed E-state index contributed by atoms with van der Waals surface area (Å²) in [5.41, 5.74) is 1.85. The largest absolute Gasteiger partial charge is 0.573 e. The number of carbonyl (C=O) groups is 1. The first-order valence-corrected chi connectivity index (χ1v) is 10.0. The zero-order valence-corrected chi connectivity index (χ0v) is 16.5. The van der Waals surface area contributed by atoms with E-state index in [2.05, 4.69) is 14.4 Å². The van der Waals surface area contributed by atoms with E-state index in [1.165, 1.54) is 12.1 Å². The number of ether oxygens (including phenoxy) is 2. The summed E-state index contributed by atoms with van der Waals surface area (Å²) in [5.74, 6) is -0.706. The van der Waals surface area contributed by atoms with Crippen LogP contribution in [-0.4, -0.2) is 29.3 Å². The number of hydrogen-bond acceptors (Lipinski definition) is 4. The molecule has 2 N–H and O–H groups in total. The Balaban J connectivity index is 1.86. The predicted octanol–water partition coefficient (Wildman–Crippen LogP) is 5.72. The first kappa shape index (κ1) is 20.8. The number of halogens is 3. The third kappa shape index (κ3) is 5.11. The van der Waals surface area contributed by atoms with E-state index in [0.717, 1.165) is 21.5 Å². The van der Waals surface area contributed by atoms with Crippen molar-refractivity contribution < 1.29 is 27.4 Å². The molecule has 0 aliphatic heterocycles. The number of alkyl halides is 3. The van der Waals surface area contributed by atoms with E-state index in [-0.39, 0.29) is 12.4 Å². The Morgan fingerprint density at radius 2 is 1.93 bits per heavy atom. The zero-order valence-electron chi connectivity index (χ0n) is 15.7. The van der Waals surface area contributed by atoms with Crippen LogP contribution in [0.15, 0.2) is 53.4 Å². The minimum atomic E-state index is -4.72. The lowest BCUT2D eigenvalue weighted by molar-refractivity contribution is -0.274. The number of para-hydroxylation sites is 1. The lowest BCUT2D eigenvalue weighted by Gasteiger charge is -2.14. The van der Waals surface area contributed by atoms with Crippen molar-refractivity contribution >= 4 is 38.6 Å². The summed E-state index contributed by atoms with van der Waals surface area (Å²) >= 11 is 0. The third-order valence-electron chi connectivity index (χ3n) is 3.92. The Morgan fingerprint density at radius 1 is 1.21 bits per heavy atom. The number of esters is 1. The van der Waals surface area contributed by atoms with Crippen LogP contribution in [0.1, 0.15) is 24.3 Å². The van der Waals surface area contributed by atoms with E-state index in [1.54, 1.807) is 25.1 Å². The van der Waals surface area contributed by atoms with Gasteiger partial charge >= 0.3 is 12.3 Å². The van der Waals surface area contributed by atoms with Gasteiger partial charge in [0.05, 0.1) is 17.8 Å². The van der Waals surface area contributed by atoms with Gasteiger partial charge in [0.1, 0.15) is 11.4 Å². The summed E-state index contributed by atoms with van der Waals surface area (Å²) in [6, 6.07) is 13.0. The molecule has 5 nitrogen and oxygen atoms in total. The molecular weight excluding hydrogens is 405 g/mol. The number of nitrogens with one attached hydrogen (secondary N) is 2. The minimum absolute atomic E-state index is 0.272. The number of benzene rings is 2. The van der Waals surface area contributed by atoms with Crippen molar-refractivity contribution in [1.29, 1.82) is 0 Å². The van der Waals surface area contributed by atoms with Crippen molar-refractivity contribution in [3.63, 3.8) is 0 Å². The molecule has 2 aromatic carbocycles. The van der Waals surface area contributed by atoms with E-state index < -0.39 is 23.0 Å². The molecule has 154 valence electrons. The average molecular weight is 424 g/mol. The fourth-order valence-electron chi connectivity index (χ4n) is 2.72. The SMILES string of the molecule is C/C=S(/Nc1cccc2cc(C(=O)OCC)[nH]c12)c1ccc(OC(F)(F)F)cc1. The van der Waals surface area contributed by atoms with Gasteiger partial charge in [0.25, 0.3) is 0 Å². The van der Waals surface area contributed by atoms with E-state index in [9.17, 15) is 18.0 Å². The summed E-state index contributed by atoms with van der Waals surface area (Å²) in [6.07, 6.45) is -4.72. The van der Waals surface area contributed by atoms with Crippen LogP contribution in [0.25, 0.3) is 10.9 Å². The van der Waals surface area contributed by atoms with Crippen LogP contribution >= 0.6 is 10.7 Å². The second kappa shape index (κ2) is 8.60. The standard InChI is InChI=1S/C20H19F3N2O3S/c1-3-27-19(26)17-12-13-6-5-7-16(18(13)24-17)25-29(4-2)15-10-8-14(9-11-15)28-20(21,22)23/h4-12,24-25H,3H2,1-2H3. The van der Waals surface area contributed by atoms with E-state index in [0.29, 0.717) is 5.69 Å². The van der Waals surface area contributed by atoms with Gasteiger partial charge in [-0.1, -0.05) is 22.8 Å². The van der Waals surface area contributed by atoms with Crippen molar-refractivity contribution in [2.24, 2.45) is 0 Å². The summed E-state index contributed by atoms with van der Waals surface area (Å²) in [5, 5.41) is 2.75. The maximum Gasteiger partial charge on any atom is 0.573 e. The fraction of sp³-hybridized carbons (Fsp3) is 0.200. The van der Waals surface area contributed by atoms with Gasteiger partial charge in [0.15, 0.2) is 0 Å². The smallest absolute Gasteiger partial charge is 0.461 e. The van der Waals surface area contributed by atoms with Crippen molar-refractivity contribution in [2.75, 3.05) is 11.3 Å². The molecule has 0 aliphatic carbocycles. The topological polar surface area (TPSA) is 63.3 Å². The number of hydrogen-bond donors (Lipinski definition) is 2. The van der Waals surface area contributed by atoms with Gasteiger partial charge in [-0.15, -0.1) is 13.2 Å². The second-order valence-electron chi connectivity index (χ2n) is 5.87. The number of rotatable bonds is 6. The molecule has 0 amide bonds. The van der Waals surface area contributed by atoms with Crippen LogP contribution in [0.3, 0.4) is 0 Å². The Morgan fingerprint density at radius 3 is 2.55 bits per heavy atom. The number of H-pyrrole nitrogens is 1. The van der Waals surface area contributed by atoms with Crippen LogP contribution in [-0.2, 0) is 4.74 Å². The van der Waals surface area contributed by atoms with E-state index >= 15 is 0 Å². The molecule has 0 fully saturated rings. The molecule has 1 aromatic heterocycles. The molecule has 0 saturated carbocycles. The van der Waals surface area contributed by atoms with Gasteiger partial charge < -0.3 is 19.2 Å². The first-order chi connectivity index (χ1) is 13.8. The normalized spacial score (nSPS) is 12.7. The van der Waals surface area contributed by atoms with Gasteiger partial charge in [-0.25, -0.2) is 4.79 Å². The summed E-state index contributed by atoms with van der Waals surface area (Å²) in [7, 11) is -0.586. The Labute approximate surface area is 167 Å². The summed E-state index contributed by atoms with van der Waals surface area (Å²) in [6.45, 7) is 3.87.